The maximum atomic E-state index is 11.8. The first-order valence-electron chi connectivity index (χ1n) is 7.48. The first-order valence-corrected chi connectivity index (χ1v) is 9.14. The normalized spacial score (nSPS) is 13.7. The Balaban J connectivity index is 2.80. The molecule has 0 saturated carbocycles. The Hall–Kier alpha value is -1.07. The quantitative estimate of drug-likeness (QED) is 0.802. The van der Waals surface area contributed by atoms with Crippen molar-refractivity contribution < 1.29 is 8.42 Å². The number of benzene rings is 1. The van der Waals surface area contributed by atoms with E-state index in [1.54, 1.807) is 19.1 Å². The number of nitrogens with one attached hydrogen (secondary N) is 1. The molecule has 1 atom stereocenters. The average molecular weight is 312 g/mol. The smallest absolute Gasteiger partial charge is 0.178 e. The lowest BCUT2D eigenvalue weighted by Crippen LogP contribution is -2.33. The largest absolute Gasteiger partial charge is 0.381 e. The summed E-state index contributed by atoms with van der Waals surface area (Å²) in [5.41, 5.74) is 0.970. The molecule has 0 spiro atoms. The number of nitrogens with zero attached hydrogens (tertiary/aromatic N) is 1. The third-order valence-corrected chi connectivity index (χ3v) is 5.06. The molecule has 0 amide bonds. The van der Waals surface area contributed by atoms with Crippen molar-refractivity contribution in [2.75, 3.05) is 31.7 Å². The fourth-order valence-electron chi connectivity index (χ4n) is 2.35. The Labute approximate surface area is 129 Å². The molecule has 1 unspecified atom stereocenters. The minimum absolute atomic E-state index is 0.135. The minimum atomic E-state index is -3.12. The van der Waals surface area contributed by atoms with Crippen molar-refractivity contribution in [3.05, 3.63) is 24.3 Å². The maximum absolute atomic E-state index is 11.8. The van der Waals surface area contributed by atoms with Crippen LogP contribution in [-0.2, 0) is 9.84 Å². The van der Waals surface area contributed by atoms with Crippen molar-refractivity contribution in [2.24, 2.45) is 5.92 Å². The second kappa shape index (κ2) is 7.80. The van der Waals surface area contributed by atoms with Gasteiger partial charge in [-0.1, -0.05) is 20.8 Å². The van der Waals surface area contributed by atoms with Crippen molar-refractivity contribution in [1.29, 1.82) is 0 Å². The van der Waals surface area contributed by atoms with E-state index in [4.69, 9.17) is 0 Å². The first kappa shape index (κ1) is 18.0. The second-order valence-electron chi connectivity index (χ2n) is 6.16. The molecule has 120 valence electrons. The molecule has 0 aromatic heterocycles. The van der Waals surface area contributed by atoms with E-state index in [0.717, 1.165) is 18.7 Å². The number of hydrogen-bond donors (Lipinski definition) is 1. The number of likely N-dealkylation sites (N-methyl/N-ethyl adjacent to an activating group) is 1. The van der Waals surface area contributed by atoms with Gasteiger partial charge in [0.25, 0.3) is 0 Å². The van der Waals surface area contributed by atoms with Gasteiger partial charge in [0, 0.05) is 18.3 Å². The number of sulfone groups is 1. The molecule has 0 radical (unpaired) electrons. The van der Waals surface area contributed by atoms with Gasteiger partial charge in [-0.25, -0.2) is 8.42 Å². The van der Waals surface area contributed by atoms with Gasteiger partial charge in [-0.3, -0.25) is 0 Å². The predicted molar refractivity (Wildman–Crippen MR) is 89.6 cm³/mol. The van der Waals surface area contributed by atoms with Crippen LogP contribution >= 0.6 is 0 Å². The molecule has 0 aliphatic rings. The van der Waals surface area contributed by atoms with Gasteiger partial charge in [-0.05, 0) is 50.7 Å². The number of hydrogen-bond acceptors (Lipinski definition) is 4. The zero-order valence-corrected chi connectivity index (χ0v) is 14.6. The summed E-state index contributed by atoms with van der Waals surface area (Å²) >= 11 is 0. The lowest BCUT2D eigenvalue weighted by atomic mass is 10.0. The highest BCUT2D eigenvalue weighted by molar-refractivity contribution is 7.91. The van der Waals surface area contributed by atoms with Crippen LogP contribution in [0.2, 0.25) is 0 Å². The van der Waals surface area contributed by atoms with E-state index < -0.39 is 9.84 Å². The van der Waals surface area contributed by atoms with Gasteiger partial charge >= 0.3 is 0 Å². The summed E-state index contributed by atoms with van der Waals surface area (Å²) in [6, 6.07) is 7.43. The molecule has 1 aromatic carbocycles. The lowest BCUT2D eigenvalue weighted by Gasteiger charge is -2.25. The summed E-state index contributed by atoms with van der Waals surface area (Å²) in [6.45, 7) is 7.03. The molecule has 0 aliphatic carbocycles. The molecular weight excluding hydrogens is 284 g/mol. The van der Waals surface area contributed by atoms with Crippen LogP contribution in [-0.4, -0.2) is 45.8 Å². The standard InChI is InChI=1S/C16H28N2O2S/c1-6-21(19,20)16-9-7-14(8-10-16)17-15(11-13(2)3)12-18(4)5/h7-10,13,15,17H,6,11-12H2,1-5H3. The molecule has 1 rings (SSSR count). The third kappa shape index (κ3) is 6.06. The Morgan fingerprint density at radius 3 is 2.14 bits per heavy atom. The highest BCUT2D eigenvalue weighted by Crippen LogP contribution is 2.18. The molecule has 5 heteroatoms. The van der Waals surface area contributed by atoms with Gasteiger partial charge < -0.3 is 10.2 Å². The fourth-order valence-corrected chi connectivity index (χ4v) is 3.23. The Morgan fingerprint density at radius 1 is 1.14 bits per heavy atom. The summed E-state index contributed by atoms with van der Waals surface area (Å²) in [7, 11) is 1.01. The second-order valence-corrected chi connectivity index (χ2v) is 8.44. The molecule has 21 heavy (non-hydrogen) atoms. The van der Waals surface area contributed by atoms with Crippen LogP contribution in [0.1, 0.15) is 27.2 Å². The summed E-state index contributed by atoms with van der Waals surface area (Å²) in [5.74, 6) is 0.748. The van der Waals surface area contributed by atoms with Crippen LogP contribution in [0.25, 0.3) is 0 Å². The topological polar surface area (TPSA) is 49.4 Å². The molecule has 1 aromatic rings. The zero-order valence-electron chi connectivity index (χ0n) is 13.8. The van der Waals surface area contributed by atoms with E-state index in [1.807, 2.05) is 12.1 Å². The first-order chi connectivity index (χ1) is 9.74. The lowest BCUT2D eigenvalue weighted by molar-refractivity contribution is 0.356. The Morgan fingerprint density at radius 2 is 1.71 bits per heavy atom. The van der Waals surface area contributed by atoms with E-state index in [-0.39, 0.29) is 5.75 Å². The molecular formula is C16H28N2O2S. The Bertz CT molecular complexity index is 512. The SMILES string of the molecule is CCS(=O)(=O)c1ccc(NC(CC(C)C)CN(C)C)cc1. The van der Waals surface area contributed by atoms with Crippen molar-refractivity contribution in [2.45, 2.75) is 38.1 Å². The summed E-state index contributed by atoms with van der Waals surface area (Å²) in [6.07, 6.45) is 1.08. The van der Waals surface area contributed by atoms with Crippen LogP contribution < -0.4 is 5.32 Å². The highest BCUT2D eigenvalue weighted by Gasteiger charge is 2.14. The van der Waals surface area contributed by atoms with E-state index in [9.17, 15) is 8.42 Å². The van der Waals surface area contributed by atoms with Crippen molar-refractivity contribution in [3.63, 3.8) is 0 Å². The van der Waals surface area contributed by atoms with E-state index in [1.165, 1.54) is 0 Å². The third-order valence-electron chi connectivity index (χ3n) is 3.31. The van der Waals surface area contributed by atoms with Gasteiger partial charge in [0.05, 0.1) is 10.6 Å². The molecule has 0 bridgehead atoms. The molecule has 0 heterocycles. The Kier molecular flexibility index (Phi) is 6.68. The van der Waals surface area contributed by atoms with Gasteiger partial charge in [0.15, 0.2) is 9.84 Å². The van der Waals surface area contributed by atoms with Crippen molar-refractivity contribution in [3.8, 4) is 0 Å². The van der Waals surface area contributed by atoms with Crippen LogP contribution in [0.5, 0.6) is 0 Å². The molecule has 0 fully saturated rings. The van der Waals surface area contributed by atoms with Crippen LogP contribution in [0.3, 0.4) is 0 Å². The van der Waals surface area contributed by atoms with Crippen LogP contribution in [0, 0.1) is 5.92 Å². The number of anilines is 1. The van der Waals surface area contributed by atoms with Gasteiger partial charge in [-0.2, -0.15) is 0 Å². The van der Waals surface area contributed by atoms with Crippen molar-refractivity contribution >= 4 is 15.5 Å². The molecule has 0 saturated heterocycles. The highest BCUT2D eigenvalue weighted by atomic mass is 32.2. The van der Waals surface area contributed by atoms with E-state index in [0.29, 0.717) is 16.9 Å². The van der Waals surface area contributed by atoms with Gasteiger partial charge in [0.2, 0.25) is 0 Å². The maximum Gasteiger partial charge on any atom is 0.178 e. The average Bonchev–Trinajstić information content (AvgIpc) is 2.37. The molecule has 4 nitrogen and oxygen atoms in total. The monoisotopic (exact) mass is 312 g/mol. The van der Waals surface area contributed by atoms with E-state index >= 15 is 0 Å². The predicted octanol–water partition coefficient (Wildman–Crippen LogP) is 2.87. The molecule has 1 N–H and O–H groups in total. The fraction of sp³-hybridized carbons (Fsp3) is 0.625. The number of rotatable bonds is 8. The summed E-state index contributed by atoms with van der Waals surface area (Å²) < 4.78 is 23.6. The van der Waals surface area contributed by atoms with Crippen molar-refractivity contribution in [1.82, 2.24) is 4.90 Å². The minimum Gasteiger partial charge on any atom is -0.381 e. The van der Waals surface area contributed by atoms with Crippen LogP contribution in [0.15, 0.2) is 29.2 Å². The zero-order chi connectivity index (χ0) is 16.0. The summed E-state index contributed by atoms with van der Waals surface area (Å²) in [4.78, 5) is 2.55. The molecule has 0 aliphatic heterocycles. The van der Waals surface area contributed by atoms with E-state index in [2.05, 4.69) is 38.2 Å². The summed E-state index contributed by atoms with van der Waals surface area (Å²) in [5, 5.41) is 3.50. The van der Waals surface area contributed by atoms with Gasteiger partial charge in [-0.15, -0.1) is 0 Å². The van der Waals surface area contributed by atoms with Gasteiger partial charge in [0.1, 0.15) is 0 Å². The van der Waals surface area contributed by atoms with Crippen LogP contribution in [0.4, 0.5) is 5.69 Å².